The number of fused-ring (bicyclic) bond motifs is 4. The molecule has 11 heteroatoms. The van der Waals surface area contributed by atoms with Gasteiger partial charge in [0.05, 0.1) is 29.1 Å². The molecule has 0 fully saturated rings. The SMILES string of the molecule is CC(=O)OC1C2Oc3c(C)c4c(c(c3C=O)C(=O)/C=C(\C)NC(=O)/C(C)=C\C=C\C(C)C[C@@H](C)[C@H]2O)C(=O)[C@@](C)(O/C=C/C[C@H]1C)O4. The van der Waals surface area contributed by atoms with Gasteiger partial charge in [-0.2, -0.15) is 0 Å². The molecule has 2 N–H and O–H groups in total. The van der Waals surface area contributed by atoms with Crippen molar-refractivity contribution in [3.63, 3.8) is 0 Å². The maximum absolute atomic E-state index is 14.0. The molecule has 4 rings (SSSR count). The number of amides is 1. The van der Waals surface area contributed by atoms with Crippen LogP contribution in [-0.2, 0) is 19.1 Å². The number of carbonyl (C=O) groups excluding carboxylic acids is 5. The van der Waals surface area contributed by atoms with E-state index in [0.29, 0.717) is 24.7 Å². The van der Waals surface area contributed by atoms with Gasteiger partial charge in [-0.05, 0) is 51.5 Å². The predicted molar refractivity (Wildman–Crippen MR) is 172 cm³/mol. The van der Waals surface area contributed by atoms with Gasteiger partial charge in [-0.3, -0.25) is 24.0 Å². The Bertz CT molecular complexity index is 1600. The number of ether oxygens (including phenoxy) is 4. The zero-order valence-electron chi connectivity index (χ0n) is 28.0. The summed E-state index contributed by atoms with van der Waals surface area (Å²) in [5.74, 6) is -5.45. The number of Topliss-reactive ketones (excluding diaryl/α,β-unsaturated/α-hetero) is 1. The van der Waals surface area contributed by atoms with Crippen molar-refractivity contribution in [1.29, 1.82) is 0 Å². The van der Waals surface area contributed by atoms with E-state index in [1.165, 1.54) is 27.0 Å². The molecule has 47 heavy (non-hydrogen) atoms. The van der Waals surface area contributed by atoms with Crippen LogP contribution in [-0.4, -0.2) is 58.9 Å². The molecule has 252 valence electrons. The summed E-state index contributed by atoms with van der Waals surface area (Å²) in [6.45, 7) is 13.0. The minimum atomic E-state index is -1.88. The van der Waals surface area contributed by atoms with Crippen LogP contribution in [0.5, 0.6) is 11.5 Å². The summed E-state index contributed by atoms with van der Waals surface area (Å²) in [5, 5.41) is 14.6. The molecule has 0 saturated heterocycles. The average molecular weight is 650 g/mol. The largest absolute Gasteiger partial charge is 0.483 e. The van der Waals surface area contributed by atoms with Gasteiger partial charge in [0.1, 0.15) is 17.6 Å². The first-order valence-corrected chi connectivity index (χ1v) is 15.7. The van der Waals surface area contributed by atoms with E-state index < -0.39 is 59.4 Å². The maximum atomic E-state index is 14.0. The summed E-state index contributed by atoms with van der Waals surface area (Å²) in [5.41, 5.74) is -0.00450. The predicted octanol–water partition coefficient (Wildman–Crippen LogP) is 5.09. The van der Waals surface area contributed by atoms with Crippen LogP contribution in [0.25, 0.3) is 0 Å². The van der Waals surface area contributed by atoms with Gasteiger partial charge in [0.15, 0.2) is 18.2 Å². The van der Waals surface area contributed by atoms with Crippen LogP contribution in [0.2, 0.25) is 0 Å². The Kier molecular flexibility index (Phi) is 10.6. The summed E-state index contributed by atoms with van der Waals surface area (Å²) in [4.78, 5) is 66.2. The minimum Gasteiger partial charge on any atom is -0.483 e. The van der Waals surface area contributed by atoms with E-state index in [2.05, 4.69) is 5.32 Å². The number of esters is 1. The highest BCUT2D eigenvalue weighted by atomic mass is 16.7. The van der Waals surface area contributed by atoms with Crippen molar-refractivity contribution in [1.82, 2.24) is 5.32 Å². The van der Waals surface area contributed by atoms with Crippen LogP contribution >= 0.6 is 0 Å². The number of carbonyl (C=O) groups is 5. The summed E-state index contributed by atoms with van der Waals surface area (Å²) in [7, 11) is 0. The summed E-state index contributed by atoms with van der Waals surface area (Å²) in [6.07, 6.45) is 7.10. The Morgan fingerprint density at radius 2 is 1.79 bits per heavy atom. The van der Waals surface area contributed by atoms with Crippen molar-refractivity contribution < 1.29 is 48.0 Å². The van der Waals surface area contributed by atoms with Crippen LogP contribution in [0.1, 0.15) is 97.9 Å². The Labute approximate surface area is 274 Å². The molecule has 3 heterocycles. The molecule has 3 unspecified atom stereocenters. The molecule has 0 saturated carbocycles. The number of ketones is 2. The molecular formula is C36H43NO10. The number of hydrogen-bond donors (Lipinski definition) is 2. The molecule has 7 atom stereocenters. The van der Waals surface area contributed by atoms with Crippen LogP contribution in [0.4, 0.5) is 0 Å². The molecule has 0 radical (unpaired) electrons. The van der Waals surface area contributed by atoms with Crippen molar-refractivity contribution in [3.05, 3.63) is 70.2 Å². The molecule has 0 aliphatic carbocycles. The zero-order valence-corrected chi connectivity index (χ0v) is 28.0. The third kappa shape index (κ3) is 7.25. The maximum Gasteiger partial charge on any atom is 0.312 e. The fraction of sp³-hybridized carbons (Fsp3) is 0.472. The number of benzene rings is 1. The Hall–Kier alpha value is -4.51. The molecular weight excluding hydrogens is 606 g/mol. The zero-order chi connectivity index (χ0) is 34.8. The normalized spacial score (nSPS) is 33.5. The molecule has 1 amide bonds. The highest BCUT2D eigenvalue weighted by Crippen LogP contribution is 2.47. The summed E-state index contributed by atoms with van der Waals surface area (Å²) in [6, 6.07) is 0. The third-order valence-corrected chi connectivity index (χ3v) is 8.78. The van der Waals surface area contributed by atoms with E-state index >= 15 is 0 Å². The van der Waals surface area contributed by atoms with Gasteiger partial charge < -0.3 is 29.4 Å². The van der Waals surface area contributed by atoms with Gasteiger partial charge in [-0.25, -0.2) is 0 Å². The number of aliphatic hydroxyl groups is 1. The van der Waals surface area contributed by atoms with Crippen molar-refractivity contribution in [2.45, 2.75) is 92.3 Å². The van der Waals surface area contributed by atoms with E-state index in [1.807, 2.05) is 26.8 Å². The lowest BCUT2D eigenvalue weighted by molar-refractivity contribution is -0.162. The van der Waals surface area contributed by atoms with Crippen LogP contribution in [0.3, 0.4) is 0 Å². The first kappa shape index (κ1) is 35.3. The fourth-order valence-electron chi connectivity index (χ4n) is 6.19. The van der Waals surface area contributed by atoms with E-state index in [-0.39, 0.29) is 45.4 Å². The second-order valence-electron chi connectivity index (χ2n) is 12.9. The van der Waals surface area contributed by atoms with E-state index in [9.17, 15) is 29.1 Å². The van der Waals surface area contributed by atoms with Gasteiger partial charge in [0, 0.05) is 42.7 Å². The van der Waals surface area contributed by atoms with Crippen LogP contribution in [0.15, 0.2) is 47.9 Å². The quantitative estimate of drug-likeness (QED) is 0.327. The monoisotopic (exact) mass is 649 g/mol. The molecule has 3 aliphatic heterocycles. The highest BCUT2D eigenvalue weighted by molar-refractivity contribution is 6.21. The Morgan fingerprint density at radius 1 is 1.09 bits per heavy atom. The van der Waals surface area contributed by atoms with Gasteiger partial charge in [0.2, 0.25) is 0 Å². The smallest absolute Gasteiger partial charge is 0.312 e. The molecule has 3 aliphatic rings. The Morgan fingerprint density at radius 3 is 2.45 bits per heavy atom. The lowest BCUT2D eigenvalue weighted by Crippen LogP contribution is -2.50. The van der Waals surface area contributed by atoms with E-state index in [4.69, 9.17) is 18.9 Å². The average Bonchev–Trinajstić information content (AvgIpc) is 3.26. The number of aldehydes is 1. The van der Waals surface area contributed by atoms with Crippen molar-refractivity contribution >= 4 is 29.7 Å². The van der Waals surface area contributed by atoms with Crippen LogP contribution < -0.4 is 14.8 Å². The van der Waals surface area contributed by atoms with Gasteiger partial charge in [-0.1, -0.05) is 39.0 Å². The summed E-state index contributed by atoms with van der Waals surface area (Å²) >= 11 is 0. The number of rotatable bonds is 2. The van der Waals surface area contributed by atoms with Crippen molar-refractivity contribution in [2.75, 3.05) is 0 Å². The molecule has 0 aromatic heterocycles. The molecule has 1 aromatic rings. The van der Waals surface area contributed by atoms with Gasteiger partial charge >= 0.3 is 11.8 Å². The number of allylic oxidation sites excluding steroid dienone is 6. The second kappa shape index (κ2) is 14.1. The minimum absolute atomic E-state index is 0.0329. The lowest BCUT2D eigenvalue weighted by atomic mass is 9.84. The van der Waals surface area contributed by atoms with Crippen LogP contribution in [0, 0.1) is 24.7 Å². The van der Waals surface area contributed by atoms with Gasteiger partial charge in [-0.15, -0.1) is 0 Å². The number of aliphatic hydroxyl groups excluding tert-OH is 1. The standard InChI is InChI=1S/C36H43NO10/c1-18-11-9-12-20(3)35(43)37-22(5)16-26(40)27-25(17-38)31-23(6)32-28(27)34(42)36(8,47-32)44-14-10-13-19(2)30(45-24(7)39)33(46-31)29(41)21(4)15-18/h9-12,14,16-19,21,29-30,33,41H,13,15H2,1-8H3,(H,37,43)/b11-9+,14-10+,20-12-,22-16+/t18?,19-,21-,29-,30?,33?,36+/m1/s1. The first-order valence-electron chi connectivity index (χ1n) is 15.7. The topological polar surface area (TPSA) is 155 Å². The highest BCUT2D eigenvalue weighted by Gasteiger charge is 2.51. The van der Waals surface area contributed by atoms with Crippen molar-refractivity contribution in [3.8, 4) is 11.5 Å². The first-order chi connectivity index (χ1) is 22.1. The Balaban J connectivity index is 2.08. The molecule has 0 spiro atoms. The number of nitrogens with one attached hydrogen (secondary N) is 1. The molecule has 11 nitrogen and oxygen atoms in total. The van der Waals surface area contributed by atoms with E-state index in [0.717, 1.165) is 6.08 Å². The lowest BCUT2D eigenvalue weighted by Gasteiger charge is -2.37. The second-order valence-corrected chi connectivity index (χ2v) is 12.9. The number of hydrogen-bond acceptors (Lipinski definition) is 10. The third-order valence-electron chi connectivity index (χ3n) is 8.78. The molecule has 5 bridgehead atoms. The van der Waals surface area contributed by atoms with Gasteiger partial charge in [0.25, 0.3) is 11.7 Å². The van der Waals surface area contributed by atoms with E-state index in [1.54, 1.807) is 32.1 Å². The fourth-order valence-corrected chi connectivity index (χ4v) is 6.19. The van der Waals surface area contributed by atoms with Crippen molar-refractivity contribution in [2.24, 2.45) is 17.8 Å². The summed E-state index contributed by atoms with van der Waals surface area (Å²) < 4.78 is 24.3. The molecule has 1 aromatic carbocycles.